The summed E-state index contributed by atoms with van der Waals surface area (Å²) in [4.78, 5) is 19.7. The van der Waals surface area contributed by atoms with Crippen LogP contribution in [0.25, 0.3) is 0 Å². The first kappa shape index (κ1) is 18.4. The lowest BCUT2D eigenvalue weighted by atomic mass is 9.93. The number of urea groups is 1. The van der Waals surface area contributed by atoms with Gasteiger partial charge in [0.1, 0.15) is 0 Å². The van der Waals surface area contributed by atoms with Crippen LogP contribution in [-0.2, 0) is 0 Å². The van der Waals surface area contributed by atoms with Gasteiger partial charge in [0.25, 0.3) is 0 Å². The molecule has 138 valence electrons. The van der Waals surface area contributed by atoms with E-state index in [4.69, 9.17) is 0 Å². The topological polar surface area (TPSA) is 45.2 Å². The molecule has 3 rings (SSSR count). The number of nitrogens with zero attached hydrogens (tertiary/aromatic N) is 2. The fraction of sp³-hybridized carbons (Fsp3) is 0.455. The van der Waals surface area contributed by atoms with E-state index >= 15 is 0 Å². The Bertz CT molecular complexity index is 738. The number of aromatic nitrogens is 1. The second-order valence-corrected chi connectivity index (χ2v) is 7.36. The number of benzene rings is 1. The number of nitrogens with one attached hydrogen (secondary N) is 1. The van der Waals surface area contributed by atoms with Crippen LogP contribution in [0.4, 0.5) is 10.5 Å². The molecular weight excluding hydrogens is 322 g/mol. The number of carbonyl (C=O) groups excluding carboxylic acids is 1. The van der Waals surface area contributed by atoms with Gasteiger partial charge in [0, 0.05) is 17.9 Å². The van der Waals surface area contributed by atoms with Crippen molar-refractivity contribution < 1.29 is 4.79 Å². The largest absolute Gasteiger partial charge is 0.322 e. The third-order valence-electron chi connectivity index (χ3n) is 5.49. The van der Waals surface area contributed by atoms with Crippen LogP contribution >= 0.6 is 0 Å². The molecule has 1 unspecified atom stereocenters. The van der Waals surface area contributed by atoms with Crippen molar-refractivity contribution in [2.24, 2.45) is 0 Å². The third-order valence-corrected chi connectivity index (χ3v) is 5.49. The highest BCUT2D eigenvalue weighted by Gasteiger charge is 2.31. The van der Waals surface area contributed by atoms with Crippen LogP contribution in [0.1, 0.15) is 61.9 Å². The summed E-state index contributed by atoms with van der Waals surface area (Å²) in [6, 6.07) is 12.2. The van der Waals surface area contributed by atoms with Crippen molar-refractivity contribution in [3.63, 3.8) is 0 Å². The second kappa shape index (κ2) is 8.35. The Morgan fingerprint density at radius 3 is 2.54 bits per heavy atom. The van der Waals surface area contributed by atoms with Gasteiger partial charge in [-0.05, 0) is 69.0 Å². The fourth-order valence-corrected chi connectivity index (χ4v) is 3.79. The zero-order valence-corrected chi connectivity index (χ0v) is 16.0. The van der Waals surface area contributed by atoms with E-state index in [0.29, 0.717) is 0 Å². The molecule has 4 nitrogen and oxygen atoms in total. The predicted octanol–water partition coefficient (Wildman–Crippen LogP) is 5.63. The predicted molar refractivity (Wildman–Crippen MR) is 106 cm³/mol. The van der Waals surface area contributed by atoms with Gasteiger partial charge in [0.15, 0.2) is 0 Å². The molecule has 4 heteroatoms. The zero-order valence-electron chi connectivity index (χ0n) is 16.0. The smallest absolute Gasteiger partial charge is 0.313 e. The summed E-state index contributed by atoms with van der Waals surface area (Å²) in [5.41, 5.74) is 4.21. The maximum atomic E-state index is 13.2. The quantitative estimate of drug-likeness (QED) is 0.776. The Morgan fingerprint density at radius 1 is 1.12 bits per heavy atom. The van der Waals surface area contributed by atoms with Crippen molar-refractivity contribution in [2.45, 2.75) is 65.0 Å². The minimum atomic E-state index is -0.0501. The Kier molecular flexibility index (Phi) is 5.92. The van der Waals surface area contributed by atoms with Gasteiger partial charge in [-0.15, -0.1) is 0 Å². The van der Waals surface area contributed by atoms with Crippen LogP contribution in [0.2, 0.25) is 0 Å². The Balaban J connectivity index is 1.83. The van der Waals surface area contributed by atoms with Gasteiger partial charge < -0.3 is 10.2 Å². The number of carbonyl (C=O) groups is 1. The third kappa shape index (κ3) is 4.24. The normalized spacial score (nSPS) is 16.1. The van der Waals surface area contributed by atoms with Crippen LogP contribution < -0.4 is 5.32 Å². The Hall–Kier alpha value is -2.36. The molecule has 1 fully saturated rings. The summed E-state index contributed by atoms with van der Waals surface area (Å²) in [5.74, 6) is 0. The van der Waals surface area contributed by atoms with Gasteiger partial charge in [-0.3, -0.25) is 4.98 Å². The van der Waals surface area contributed by atoms with E-state index in [0.717, 1.165) is 24.2 Å². The molecule has 1 aromatic heterocycles. The van der Waals surface area contributed by atoms with Gasteiger partial charge in [-0.2, -0.15) is 0 Å². The zero-order chi connectivity index (χ0) is 18.5. The average molecular weight is 351 g/mol. The molecule has 0 bridgehead atoms. The summed E-state index contributed by atoms with van der Waals surface area (Å²) < 4.78 is 0. The first-order valence-electron chi connectivity index (χ1n) is 9.64. The molecule has 1 aliphatic carbocycles. The molecule has 1 saturated carbocycles. The fourth-order valence-electron chi connectivity index (χ4n) is 3.79. The summed E-state index contributed by atoms with van der Waals surface area (Å²) in [6.45, 7) is 6.23. The monoisotopic (exact) mass is 351 g/mol. The maximum absolute atomic E-state index is 13.2. The minimum Gasteiger partial charge on any atom is -0.313 e. The lowest BCUT2D eigenvalue weighted by Gasteiger charge is -2.38. The first-order valence-corrected chi connectivity index (χ1v) is 9.64. The lowest BCUT2D eigenvalue weighted by molar-refractivity contribution is 0.138. The standard InChI is InChI=1S/C22H29N3O/c1-16-12-13-19(15-17(16)2)24-22(26)25(20-9-5-4-6-10-20)18(3)21-11-7-8-14-23-21/h7-8,11-15,18,20H,4-6,9-10H2,1-3H3,(H,24,26). The van der Waals surface area contributed by atoms with Crippen LogP contribution in [0.5, 0.6) is 0 Å². The van der Waals surface area contributed by atoms with Crippen LogP contribution in [-0.4, -0.2) is 22.0 Å². The van der Waals surface area contributed by atoms with E-state index in [-0.39, 0.29) is 18.1 Å². The molecule has 1 heterocycles. The molecule has 0 spiro atoms. The summed E-state index contributed by atoms with van der Waals surface area (Å²) in [6.07, 6.45) is 7.57. The number of aryl methyl sites for hydroxylation is 2. The molecule has 26 heavy (non-hydrogen) atoms. The number of amides is 2. The van der Waals surface area contributed by atoms with E-state index in [1.807, 2.05) is 35.2 Å². The molecule has 2 amide bonds. The van der Waals surface area contributed by atoms with Crippen LogP contribution in [0.15, 0.2) is 42.6 Å². The summed E-state index contributed by atoms with van der Waals surface area (Å²) >= 11 is 0. The van der Waals surface area contributed by atoms with Crippen LogP contribution in [0.3, 0.4) is 0 Å². The molecule has 1 atom stereocenters. The van der Waals surface area contributed by atoms with Gasteiger partial charge in [-0.25, -0.2) is 4.79 Å². The molecular formula is C22H29N3O. The molecule has 1 N–H and O–H groups in total. The highest BCUT2D eigenvalue weighted by atomic mass is 16.2. The van der Waals surface area contributed by atoms with Gasteiger partial charge in [0.2, 0.25) is 0 Å². The SMILES string of the molecule is Cc1ccc(NC(=O)N(C2CCCCC2)C(C)c2ccccn2)cc1C. The van der Waals surface area contributed by atoms with Crippen molar-refractivity contribution in [3.8, 4) is 0 Å². The average Bonchev–Trinajstić information content (AvgIpc) is 2.66. The van der Waals surface area contributed by atoms with E-state index in [1.54, 1.807) is 6.20 Å². The molecule has 0 aliphatic heterocycles. The van der Waals surface area contributed by atoms with Crippen molar-refractivity contribution in [1.29, 1.82) is 0 Å². The van der Waals surface area contributed by atoms with E-state index in [9.17, 15) is 4.79 Å². The molecule has 2 aromatic rings. The van der Waals surface area contributed by atoms with Crippen LogP contribution in [0, 0.1) is 13.8 Å². The van der Waals surface area contributed by atoms with E-state index in [2.05, 4.69) is 37.1 Å². The highest BCUT2D eigenvalue weighted by molar-refractivity contribution is 5.90. The molecule has 0 saturated heterocycles. The number of rotatable bonds is 4. The number of hydrogen-bond acceptors (Lipinski definition) is 2. The minimum absolute atomic E-state index is 0.0293. The lowest BCUT2D eigenvalue weighted by Crippen LogP contribution is -2.45. The second-order valence-electron chi connectivity index (χ2n) is 7.36. The highest BCUT2D eigenvalue weighted by Crippen LogP contribution is 2.30. The van der Waals surface area contributed by atoms with Crippen molar-refractivity contribution in [2.75, 3.05) is 5.32 Å². The number of hydrogen-bond donors (Lipinski definition) is 1. The van der Waals surface area contributed by atoms with Crippen molar-refractivity contribution >= 4 is 11.7 Å². The van der Waals surface area contributed by atoms with Crippen molar-refractivity contribution in [1.82, 2.24) is 9.88 Å². The molecule has 0 radical (unpaired) electrons. The van der Waals surface area contributed by atoms with Gasteiger partial charge in [0.05, 0.1) is 11.7 Å². The molecule has 1 aliphatic rings. The summed E-state index contributed by atoms with van der Waals surface area (Å²) in [7, 11) is 0. The van der Waals surface area contributed by atoms with Gasteiger partial charge >= 0.3 is 6.03 Å². The molecule has 1 aromatic carbocycles. The van der Waals surface area contributed by atoms with E-state index < -0.39 is 0 Å². The number of pyridine rings is 1. The maximum Gasteiger partial charge on any atom is 0.322 e. The van der Waals surface area contributed by atoms with Gasteiger partial charge in [-0.1, -0.05) is 31.4 Å². The number of anilines is 1. The Morgan fingerprint density at radius 2 is 1.88 bits per heavy atom. The van der Waals surface area contributed by atoms with E-state index in [1.165, 1.54) is 30.4 Å². The summed E-state index contributed by atoms with van der Waals surface area (Å²) in [5, 5.41) is 3.12. The first-order chi connectivity index (χ1) is 12.6. The van der Waals surface area contributed by atoms with Crippen molar-refractivity contribution in [3.05, 3.63) is 59.4 Å². The Labute approximate surface area is 156 Å².